The summed E-state index contributed by atoms with van der Waals surface area (Å²) in [6, 6.07) is 3.67. The molecule has 2 rings (SSSR count). The maximum atomic E-state index is 11.8. The molecular formula is C16H24N4O3. The number of aromatic nitrogens is 1. The SMILES string of the molecule is CN(CCC(=O)O)C(=O)NCc1ccc(N2CCCCC2)nc1. The number of amides is 2. The Morgan fingerprint density at radius 3 is 2.65 bits per heavy atom. The first kappa shape index (κ1) is 17.1. The lowest BCUT2D eigenvalue weighted by atomic mass is 10.1. The molecule has 1 saturated heterocycles. The van der Waals surface area contributed by atoms with Gasteiger partial charge in [-0.1, -0.05) is 6.07 Å². The Balaban J connectivity index is 1.79. The van der Waals surface area contributed by atoms with Crippen molar-refractivity contribution < 1.29 is 14.7 Å². The number of anilines is 1. The first-order valence-electron chi connectivity index (χ1n) is 7.97. The summed E-state index contributed by atoms with van der Waals surface area (Å²) in [4.78, 5) is 30.4. The van der Waals surface area contributed by atoms with Gasteiger partial charge in [-0.2, -0.15) is 0 Å². The molecule has 1 aliphatic rings. The first-order chi connectivity index (χ1) is 11.1. The van der Waals surface area contributed by atoms with Gasteiger partial charge in [-0.15, -0.1) is 0 Å². The summed E-state index contributed by atoms with van der Waals surface area (Å²) in [6.07, 6.45) is 5.43. The van der Waals surface area contributed by atoms with E-state index in [1.165, 1.54) is 24.2 Å². The Morgan fingerprint density at radius 1 is 1.30 bits per heavy atom. The molecule has 2 N–H and O–H groups in total. The zero-order chi connectivity index (χ0) is 16.7. The summed E-state index contributed by atoms with van der Waals surface area (Å²) >= 11 is 0. The van der Waals surface area contributed by atoms with Crippen molar-refractivity contribution in [3.05, 3.63) is 23.9 Å². The molecule has 23 heavy (non-hydrogen) atoms. The Bertz CT molecular complexity index is 527. The molecule has 2 heterocycles. The molecule has 1 aromatic heterocycles. The standard InChI is InChI=1S/C16H24N4O3/c1-19(10-7-15(21)22)16(23)18-12-13-5-6-14(17-11-13)20-8-3-2-4-9-20/h5-6,11H,2-4,7-10,12H2,1H3,(H,18,23)(H,21,22). The third-order valence-corrected chi connectivity index (χ3v) is 3.94. The van der Waals surface area contributed by atoms with Crippen molar-refractivity contribution in [2.45, 2.75) is 32.2 Å². The summed E-state index contributed by atoms with van der Waals surface area (Å²) in [5.74, 6) is 0.0699. The Morgan fingerprint density at radius 2 is 2.04 bits per heavy atom. The van der Waals surface area contributed by atoms with Crippen LogP contribution in [0.1, 0.15) is 31.2 Å². The molecule has 0 spiro atoms. The monoisotopic (exact) mass is 320 g/mol. The predicted molar refractivity (Wildman–Crippen MR) is 87.4 cm³/mol. The van der Waals surface area contributed by atoms with Crippen LogP contribution in [0.15, 0.2) is 18.3 Å². The van der Waals surface area contributed by atoms with E-state index in [0.29, 0.717) is 6.54 Å². The number of hydrogen-bond donors (Lipinski definition) is 2. The van der Waals surface area contributed by atoms with Crippen molar-refractivity contribution in [1.82, 2.24) is 15.2 Å². The number of carboxylic acids is 1. The van der Waals surface area contributed by atoms with Gasteiger partial charge in [-0.3, -0.25) is 4.79 Å². The molecule has 7 nitrogen and oxygen atoms in total. The summed E-state index contributed by atoms with van der Waals surface area (Å²) in [5.41, 5.74) is 0.922. The van der Waals surface area contributed by atoms with Crippen LogP contribution in [0.25, 0.3) is 0 Å². The molecule has 0 aromatic carbocycles. The fourth-order valence-electron chi connectivity index (χ4n) is 2.51. The second-order valence-electron chi connectivity index (χ2n) is 5.80. The number of carbonyl (C=O) groups excluding carboxylic acids is 1. The van der Waals surface area contributed by atoms with Gasteiger partial charge >= 0.3 is 12.0 Å². The number of nitrogens with one attached hydrogen (secondary N) is 1. The third kappa shape index (κ3) is 5.43. The van der Waals surface area contributed by atoms with Crippen LogP contribution in [0.3, 0.4) is 0 Å². The van der Waals surface area contributed by atoms with Crippen LogP contribution in [-0.4, -0.2) is 53.7 Å². The van der Waals surface area contributed by atoms with E-state index in [4.69, 9.17) is 5.11 Å². The van der Waals surface area contributed by atoms with Gasteiger partial charge in [0, 0.05) is 39.4 Å². The number of nitrogens with zero attached hydrogens (tertiary/aromatic N) is 3. The first-order valence-corrected chi connectivity index (χ1v) is 7.97. The van der Waals surface area contributed by atoms with Crippen LogP contribution in [0.4, 0.5) is 10.6 Å². The third-order valence-electron chi connectivity index (χ3n) is 3.94. The van der Waals surface area contributed by atoms with Crippen molar-refractivity contribution in [3.63, 3.8) is 0 Å². The largest absolute Gasteiger partial charge is 0.481 e. The molecule has 2 amide bonds. The molecule has 1 aromatic rings. The zero-order valence-electron chi connectivity index (χ0n) is 13.5. The topological polar surface area (TPSA) is 85.8 Å². The number of pyridine rings is 1. The molecule has 0 saturated carbocycles. The zero-order valence-corrected chi connectivity index (χ0v) is 13.5. The fraction of sp³-hybridized carbons (Fsp3) is 0.562. The van der Waals surface area contributed by atoms with Crippen LogP contribution in [-0.2, 0) is 11.3 Å². The van der Waals surface area contributed by atoms with Gasteiger partial charge in [0.15, 0.2) is 0 Å². The molecular weight excluding hydrogens is 296 g/mol. The molecule has 0 aliphatic carbocycles. The maximum absolute atomic E-state index is 11.8. The van der Waals surface area contributed by atoms with Crippen LogP contribution in [0, 0.1) is 0 Å². The van der Waals surface area contributed by atoms with E-state index >= 15 is 0 Å². The fourth-order valence-corrected chi connectivity index (χ4v) is 2.51. The van der Waals surface area contributed by atoms with Gasteiger partial charge in [0.2, 0.25) is 0 Å². The van der Waals surface area contributed by atoms with Crippen LogP contribution in [0.2, 0.25) is 0 Å². The Hall–Kier alpha value is -2.31. The minimum atomic E-state index is -0.915. The van der Waals surface area contributed by atoms with Gasteiger partial charge in [0.05, 0.1) is 6.42 Å². The van der Waals surface area contributed by atoms with Gasteiger partial charge in [-0.05, 0) is 30.9 Å². The molecule has 0 bridgehead atoms. The quantitative estimate of drug-likeness (QED) is 0.833. The number of carbonyl (C=O) groups is 2. The van der Waals surface area contributed by atoms with Crippen molar-refractivity contribution >= 4 is 17.8 Å². The highest BCUT2D eigenvalue weighted by Crippen LogP contribution is 2.17. The average Bonchev–Trinajstić information content (AvgIpc) is 2.58. The van der Waals surface area contributed by atoms with Crippen molar-refractivity contribution in [1.29, 1.82) is 0 Å². The molecule has 126 valence electrons. The van der Waals surface area contributed by atoms with E-state index in [1.807, 2.05) is 12.1 Å². The lowest BCUT2D eigenvalue weighted by Crippen LogP contribution is -2.38. The smallest absolute Gasteiger partial charge is 0.317 e. The summed E-state index contributed by atoms with van der Waals surface area (Å²) in [7, 11) is 1.58. The van der Waals surface area contributed by atoms with Crippen LogP contribution < -0.4 is 10.2 Å². The van der Waals surface area contributed by atoms with Crippen LogP contribution >= 0.6 is 0 Å². The van der Waals surface area contributed by atoms with Crippen molar-refractivity contribution in [3.8, 4) is 0 Å². The van der Waals surface area contributed by atoms with E-state index in [0.717, 1.165) is 24.5 Å². The number of urea groups is 1. The van der Waals surface area contributed by atoms with Gasteiger partial charge in [0.1, 0.15) is 5.82 Å². The van der Waals surface area contributed by atoms with E-state index < -0.39 is 5.97 Å². The van der Waals surface area contributed by atoms with Gasteiger partial charge in [0.25, 0.3) is 0 Å². The van der Waals surface area contributed by atoms with Gasteiger partial charge in [-0.25, -0.2) is 9.78 Å². The Labute approximate surface area is 136 Å². The summed E-state index contributed by atoms with van der Waals surface area (Å²) in [6.45, 7) is 2.67. The van der Waals surface area contributed by atoms with Crippen molar-refractivity contribution in [2.75, 3.05) is 31.6 Å². The molecule has 1 aliphatic heterocycles. The number of hydrogen-bond acceptors (Lipinski definition) is 4. The normalized spacial score (nSPS) is 14.4. The van der Waals surface area contributed by atoms with E-state index in [2.05, 4.69) is 15.2 Å². The highest BCUT2D eigenvalue weighted by atomic mass is 16.4. The molecule has 1 fully saturated rings. The lowest BCUT2D eigenvalue weighted by Gasteiger charge is -2.27. The number of piperidine rings is 1. The number of carboxylic acid groups (broad SMARTS) is 1. The second kappa shape index (κ2) is 8.36. The van der Waals surface area contributed by atoms with E-state index in [1.54, 1.807) is 13.2 Å². The molecule has 0 radical (unpaired) electrons. The minimum absolute atomic E-state index is 0.0595. The molecule has 7 heteroatoms. The molecule has 0 unspecified atom stereocenters. The maximum Gasteiger partial charge on any atom is 0.317 e. The van der Waals surface area contributed by atoms with Crippen molar-refractivity contribution in [2.24, 2.45) is 0 Å². The second-order valence-corrected chi connectivity index (χ2v) is 5.80. The Kier molecular flexibility index (Phi) is 6.19. The van der Waals surface area contributed by atoms with E-state index in [-0.39, 0.29) is 19.0 Å². The summed E-state index contributed by atoms with van der Waals surface area (Å²) < 4.78 is 0. The number of aliphatic carboxylic acids is 1. The molecule has 0 atom stereocenters. The average molecular weight is 320 g/mol. The van der Waals surface area contributed by atoms with E-state index in [9.17, 15) is 9.59 Å². The lowest BCUT2D eigenvalue weighted by molar-refractivity contribution is -0.137. The predicted octanol–water partition coefficient (Wildman–Crippen LogP) is 1.69. The highest BCUT2D eigenvalue weighted by Gasteiger charge is 2.12. The highest BCUT2D eigenvalue weighted by molar-refractivity contribution is 5.75. The van der Waals surface area contributed by atoms with Crippen LogP contribution in [0.5, 0.6) is 0 Å². The summed E-state index contributed by atoms with van der Waals surface area (Å²) in [5, 5.41) is 11.4. The van der Waals surface area contributed by atoms with Gasteiger partial charge < -0.3 is 20.2 Å². The minimum Gasteiger partial charge on any atom is -0.481 e. The number of rotatable bonds is 6.